The number of carbonyl (C=O) groups is 2. The van der Waals surface area contributed by atoms with Crippen LogP contribution in [0.2, 0.25) is 0 Å². The predicted molar refractivity (Wildman–Crippen MR) is 74.7 cm³/mol. The average molecular weight is 301 g/mol. The molecule has 2 aliphatic rings. The predicted octanol–water partition coefficient (Wildman–Crippen LogP) is 2.84. The van der Waals surface area contributed by atoms with Gasteiger partial charge in [0.1, 0.15) is 11.8 Å². The van der Waals surface area contributed by atoms with Crippen LogP contribution in [0.3, 0.4) is 0 Å². The van der Waals surface area contributed by atoms with E-state index in [0.717, 1.165) is 0 Å². The molecule has 1 N–H and O–H groups in total. The van der Waals surface area contributed by atoms with Crippen molar-refractivity contribution in [3.8, 4) is 0 Å². The number of alkyl halides is 1. The topological polar surface area (TPSA) is 66.8 Å². The van der Waals surface area contributed by atoms with Gasteiger partial charge in [-0.25, -0.2) is 9.18 Å². The van der Waals surface area contributed by atoms with Crippen LogP contribution in [0, 0.1) is 11.3 Å². The summed E-state index contributed by atoms with van der Waals surface area (Å²) in [4.78, 5) is 25.0. The highest BCUT2D eigenvalue weighted by Gasteiger charge is 2.52. The SMILES string of the molecule is CC(C)(C)OC(=O)N1CCC2(CC1)CC(F)CC2C(=O)O. The van der Waals surface area contributed by atoms with Crippen molar-refractivity contribution in [2.75, 3.05) is 13.1 Å². The largest absolute Gasteiger partial charge is 0.481 e. The molecule has 1 spiro atoms. The van der Waals surface area contributed by atoms with Crippen molar-refractivity contribution < 1.29 is 23.8 Å². The van der Waals surface area contributed by atoms with Gasteiger partial charge in [0.15, 0.2) is 0 Å². The van der Waals surface area contributed by atoms with Crippen molar-refractivity contribution in [2.24, 2.45) is 11.3 Å². The Labute approximate surface area is 124 Å². The molecule has 2 unspecified atom stereocenters. The van der Waals surface area contributed by atoms with E-state index in [1.54, 1.807) is 4.90 Å². The van der Waals surface area contributed by atoms with Crippen LogP contribution in [0.15, 0.2) is 0 Å². The third-order valence-corrected chi connectivity index (χ3v) is 4.57. The lowest BCUT2D eigenvalue weighted by molar-refractivity contribution is -0.146. The van der Waals surface area contributed by atoms with E-state index in [1.807, 2.05) is 20.8 Å². The van der Waals surface area contributed by atoms with Gasteiger partial charge in [0, 0.05) is 13.1 Å². The zero-order chi connectivity index (χ0) is 15.8. The second-order valence-corrected chi connectivity index (χ2v) is 7.26. The highest BCUT2D eigenvalue weighted by Crippen LogP contribution is 2.51. The molecule has 0 radical (unpaired) electrons. The number of hydrogen-bond donors (Lipinski definition) is 1. The van der Waals surface area contributed by atoms with E-state index in [1.165, 1.54) is 0 Å². The number of nitrogens with zero attached hydrogens (tertiary/aromatic N) is 1. The van der Waals surface area contributed by atoms with Crippen molar-refractivity contribution in [1.29, 1.82) is 0 Å². The van der Waals surface area contributed by atoms with Crippen LogP contribution in [0.5, 0.6) is 0 Å². The molecule has 2 fully saturated rings. The number of piperidine rings is 1. The summed E-state index contributed by atoms with van der Waals surface area (Å²) in [6, 6.07) is 0. The number of rotatable bonds is 1. The minimum atomic E-state index is -1.04. The second-order valence-electron chi connectivity index (χ2n) is 7.26. The Bertz CT molecular complexity index is 424. The zero-order valence-electron chi connectivity index (χ0n) is 12.9. The van der Waals surface area contributed by atoms with E-state index in [-0.39, 0.29) is 12.5 Å². The van der Waals surface area contributed by atoms with Gasteiger partial charge in [-0.05, 0) is 51.9 Å². The first-order valence-electron chi connectivity index (χ1n) is 7.48. The zero-order valence-corrected chi connectivity index (χ0v) is 12.9. The lowest BCUT2D eigenvalue weighted by Gasteiger charge is -2.41. The summed E-state index contributed by atoms with van der Waals surface area (Å²) in [7, 11) is 0. The molecule has 0 aromatic carbocycles. The van der Waals surface area contributed by atoms with Gasteiger partial charge in [0.05, 0.1) is 5.92 Å². The molecular weight excluding hydrogens is 277 g/mol. The molecule has 1 aliphatic heterocycles. The maximum absolute atomic E-state index is 13.7. The normalized spacial score (nSPS) is 28.7. The quantitative estimate of drug-likeness (QED) is 0.808. The highest BCUT2D eigenvalue weighted by atomic mass is 19.1. The molecule has 1 heterocycles. The molecule has 1 saturated heterocycles. The number of halogens is 1. The first kappa shape index (κ1) is 16.0. The van der Waals surface area contributed by atoms with E-state index in [0.29, 0.717) is 32.4 Å². The minimum Gasteiger partial charge on any atom is -0.481 e. The molecule has 2 atom stereocenters. The van der Waals surface area contributed by atoms with Gasteiger partial charge < -0.3 is 14.7 Å². The number of hydrogen-bond acceptors (Lipinski definition) is 3. The third kappa shape index (κ3) is 3.47. The number of carboxylic acids is 1. The van der Waals surface area contributed by atoms with E-state index < -0.39 is 29.1 Å². The van der Waals surface area contributed by atoms with Crippen LogP contribution in [-0.4, -0.2) is 46.9 Å². The Morgan fingerprint density at radius 1 is 1.29 bits per heavy atom. The molecule has 0 aromatic heterocycles. The average Bonchev–Trinajstić information content (AvgIpc) is 2.65. The molecule has 120 valence electrons. The van der Waals surface area contributed by atoms with E-state index in [2.05, 4.69) is 0 Å². The molecule has 2 rings (SSSR count). The summed E-state index contributed by atoms with van der Waals surface area (Å²) in [5.74, 6) is -1.55. The molecule has 21 heavy (non-hydrogen) atoms. The first-order valence-corrected chi connectivity index (χ1v) is 7.48. The number of carboxylic acid groups (broad SMARTS) is 1. The molecule has 6 heteroatoms. The molecule has 0 bridgehead atoms. The summed E-state index contributed by atoms with van der Waals surface area (Å²) in [5, 5.41) is 9.30. The maximum Gasteiger partial charge on any atom is 0.410 e. The van der Waals surface area contributed by atoms with E-state index in [9.17, 15) is 19.1 Å². The summed E-state index contributed by atoms with van der Waals surface area (Å²) >= 11 is 0. The third-order valence-electron chi connectivity index (χ3n) is 4.57. The van der Waals surface area contributed by atoms with E-state index in [4.69, 9.17) is 4.74 Å². The van der Waals surface area contributed by atoms with Crippen LogP contribution in [-0.2, 0) is 9.53 Å². The van der Waals surface area contributed by atoms with Crippen molar-refractivity contribution in [1.82, 2.24) is 4.90 Å². The molecular formula is C15H24FNO4. The Balaban J connectivity index is 1.99. The Morgan fingerprint density at radius 2 is 1.86 bits per heavy atom. The fraction of sp³-hybridized carbons (Fsp3) is 0.867. The van der Waals surface area contributed by atoms with Crippen molar-refractivity contribution in [3.63, 3.8) is 0 Å². The fourth-order valence-corrected chi connectivity index (χ4v) is 3.55. The summed E-state index contributed by atoms with van der Waals surface area (Å²) in [6.07, 6.45) is 0.0411. The molecule has 1 aliphatic carbocycles. The molecule has 1 amide bonds. The van der Waals surface area contributed by atoms with Gasteiger partial charge >= 0.3 is 12.1 Å². The van der Waals surface area contributed by atoms with Gasteiger partial charge in [-0.3, -0.25) is 4.79 Å². The lowest BCUT2D eigenvalue weighted by Crippen LogP contribution is -2.47. The second kappa shape index (κ2) is 5.46. The van der Waals surface area contributed by atoms with Crippen LogP contribution in [0.25, 0.3) is 0 Å². The van der Waals surface area contributed by atoms with Crippen molar-refractivity contribution in [3.05, 3.63) is 0 Å². The summed E-state index contributed by atoms with van der Waals surface area (Å²) < 4.78 is 19.0. The molecule has 1 saturated carbocycles. The Kier molecular flexibility index (Phi) is 4.17. The first-order chi connectivity index (χ1) is 9.63. The number of likely N-dealkylation sites (tertiary alicyclic amines) is 1. The van der Waals surface area contributed by atoms with Gasteiger partial charge in [-0.2, -0.15) is 0 Å². The van der Waals surface area contributed by atoms with Crippen LogP contribution < -0.4 is 0 Å². The van der Waals surface area contributed by atoms with Crippen LogP contribution >= 0.6 is 0 Å². The summed E-state index contributed by atoms with van der Waals surface area (Å²) in [6.45, 7) is 6.29. The lowest BCUT2D eigenvalue weighted by atomic mass is 9.70. The Hall–Kier alpha value is -1.33. The summed E-state index contributed by atoms with van der Waals surface area (Å²) in [5.41, 5.74) is -1.04. The smallest absolute Gasteiger partial charge is 0.410 e. The monoisotopic (exact) mass is 301 g/mol. The number of amides is 1. The van der Waals surface area contributed by atoms with Crippen molar-refractivity contribution >= 4 is 12.1 Å². The maximum atomic E-state index is 13.7. The minimum absolute atomic E-state index is 0.0990. The Morgan fingerprint density at radius 3 is 2.33 bits per heavy atom. The molecule has 0 aromatic rings. The highest BCUT2D eigenvalue weighted by molar-refractivity contribution is 5.72. The number of carbonyl (C=O) groups excluding carboxylic acids is 1. The number of ether oxygens (including phenoxy) is 1. The van der Waals surface area contributed by atoms with Crippen LogP contribution in [0.4, 0.5) is 9.18 Å². The van der Waals surface area contributed by atoms with Gasteiger partial charge in [0.25, 0.3) is 0 Å². The van der Waals surface area contributed by atoms with Crippen LogP contribution in [0.1, 0.15) is 46.5 Å². The van der Waals surface area contributed by atoms with Gasteiger partial charge in [-0.1, -0.05) is 0 Å². The van der Waals surface area contributed by atoms with E-state index >= 15 is 0 Å². The standard InChI is InChI=1S/C15H24FNO4/c1-14(2,3)21-13(20)17-6-4-15(5-7-17)9-10(16)8-11(15)12(18)19/h10-11H,4-9H2,1-3H3,(H,18,19). The van der Waals surface area contributed by atoms with Gasteiger partial charge in [0.2, 0.25) is 0 Å². The van der Waals surface area contributed by atoms with Crippen molar-refractivity contribution in [2.45, 2.75) is 58.2 Å². The van der Waals surface area contributed by atoms with Gasteiger partial charge in [-0.15, -0.1) is 0 Å². The fourth-order valence-electron chi connectivity index (χ4n) is 3.55. The number of aliphatic carboxylic acids is 1. The molecule has 5 nitrogen and oxygen atoms in total.